The number of rotatable bonds is 6. The van der Waals surface area contributed by atoms with E-state index in [1.807, 2.05) is 36.4 Å². The number of carbonyl (C=O) groups is 2. The monoisotopic (exact) mass is 454 g/mol. The quantitative estimate of drug-likeness (QED) is 0.448. The Morgan fingerprint density at radius 3 is 2.38 bits per heavy atom. The standard InChI is InChI=1S/C26H22N4O4/c1-29(16-23-27-21-10-6-5-9-20(21)25(32)28-23)22-15-24(31)30(26(22)33)17-11-13-19(14-12-17)34-18-7-3-2-4-8-18/h2-14,22H,15-16H2,1H3,(H,27,28,32). The van der Waals surface area contributed by atoms with Gasteiger partial charge in [0.25, 0.3) is 11.5 Å². The van der Waals surface area contributed by atoms with Crippen LogP contribution in [-0.2, 0) is 16.1 Å². The van der Waals surface area contributed by atoms with Gasteiger partial charge in [-0.3, -0.25) is 19.3 Å². The largest absolute Gasteiger partial charge is 0.457 e. The number of H-pyrrole nitrogens is 1. The number of hydrogen-bond acceptors (Lipinski definition) is 6. The number of aromatic amines is 1. The third kappa shape index (κ3) is 4.18. The van der Waals surface area contributed by atoms with Crippen molar-refractivity contribution in [2.45, 2.75) is 19.0 Å². The molecule has 1 atom stereocenters. The summed E-state index contributed by atoms with van der Waals surface area (Å²) in [5.74, 6) is 1.15. The minimum atomic E-state index is -0.649. The first kappa shape index (κ1) is 21.5. The molecule has 2 heterocycles. The second-order valence-corrected chi connectivity index (χ2v) is 8.14. The van der Waals surface area contributed by atoms with Crippen LogP contribution in [0.4, 0.5) is 5.69 Å². The summed E-state index contributed by atoms with van der Waals surface area (Å²) in [4.78, 5) is 48.4. The Morgan fingerprint density at radius 2 is 1.62 bits per heavy atom. The fourth-order valence-corrected chi connectivity index (χ4v) is 4.08. The minimum absolute atomic E-state index is 0.0510. The van der Waals surface area contributed by atoms with Crippen molar-refractivity contribution in [3.8, 4) is 11.5 Å². The number of benzene rings is 3. The first-order valence-corrected chi connectivity index (χ1v) is 10.9. The van der Waals surface area contributed by atoms with Gasteiger partial charge in [0.1, 0.15) is 17.3 Å². The third-order valence-corrected chi connectivity index (χ3v) is 5.79. The Bertz CT molecular complexity index is 1420. The molecule has 8 nitrogen and oxygen atoms in total. The van der Waals surface area contributed by atoms with Crippen LogP contribution in [0.5, 0.6) is 11.5 Å². The number of hydrogen-bond donors (Lipinski definition) is 1. The SMILES string of the molecule is CN(Cc1nc2ccccc2c(=O)[nH]1)C1CC(=O)N(c2ccc(Oc3ccccc3)cc2)C1=O. The summed E-state index contributed by atoms with van der Waals surface area (Å²) in [7, 11) is 1.74. The number of anilines is 1. The number of carbonyl (C=O) groups excluding carboxylic acids is 2. The summed E-state index contributed by atoms with van der Waals surface area (Å²) in [6, 6.07) is 22.6. The summed E-state index contributed by atoms with van der Waals surface area (Å²) in [5, 5.41) is 0.506. The summed E-state index contributed by atoms with van der Waals surface area (Å²) in [5.41, 5.74) is 0.841. The number of aromatic nitrogens is 2. The van der Waals surface area contributed by atoms with Crippen LogP contribution in [0.2, 0.25) is 0 Å². The van der Waals surface area contributed by atoms with E-state index in [0.717, 1.165) is 0 Å². The number of ether oxygens (including phenoxy) is 1. The fraction of sp³-hybridized carbons (Fsp3) is 0.154. The van der Waals surface area contributed by atoms with Gasteiger partial charge in [0.05, 0.1) is 35.6 Å². The molecule has 8 heteroatoms. The van der Waals surface area contributed by atoms with Gasteiger partial charge in [0.2, 0.25) is 5.91 Å². The van der Waals surface area contributed by atoms with Crippen molar-refractivity contribution in [3.63, 3.8) is 0 Å². The molecule has 2 amide bonds. The van der Waals surface area contributed by atoms with E-state index in [9.17, 15) is 14.4 Å². The zero-order valence-corrected chi connectivity index (χ0v) is 18.5. The Morgan fingerprint density at radius 1 is 0.941 bits per heavy atom. The van der Waals surface area contributed by atoms with Crippen LogP contribution in [0.1, 0.15) is 12.2 Å². The number of imide groups is 1. The molecule has 1 aliphatic rings. The second kappa shape index (κ2) is 8.92. The highest BCUT2D eigenvalue weighted by atomic mass is 16.5. The molecule has 4 aromatic rings. The highest BCUT2D eigenvalue weighted by molar-refractivity contribution is 6.22. The molecule has 3 aromatic carbocycles. The fourth-order valence-electron chi connectivity index (χ4n) is 4.08. The van der Waals surface area contributed by atoms with Gasteiger partial charge >= 0.3 is 0 Å². The lowest BCUT2D eigenvalue weighted by Crippen LogP contribution is -2.40. The molecule has 34 heavy (non-hydrogen) atoms. The average Bonchev–Trinajstić information content (AvgIpc) is 3.14. The smallest absolute Gasteiger partial charge is 0.258 e. The lowest BCUT2D eigenvalue weighted by atomic mass is 10.2. The van der Waals surface area contributed by atoms with E-state index >= 15 is 0 Å². The van der Waals surface area contributed by atoms with Gasteiger partial charge < -0.3 is 9.72 Å². The first-order valence-electron chi connectivity index (χ1n) is 10.9. The normalized spacial score (nSPS) is 15.9. The highest BCUT2D eigenvalue weighted by Crippen LogP contribution is 2.29. The number of fused-ring (bicyclic) bond motifs is 1. The molecular formula is C26H22N4O4. The topological polar surface area (TPSA) is 95.6 Å². The summed E-state index contributed by atoms with van der Waals surface area (Å²) >= 11 is 0. The molecule has 170 valence electrons. The number of nitrogens with one attached hydrogen (secondary N) is 1. The highest BCUT2D eigenvalue weighted by Gasteiger charge is 2.41. The molecule has 1 aromatic heterocycles. The first-order chi connectivity index (χ1) is 16.5. The van der Waals surface area contributed by atoms with E-state index in [-0.39, 0.29) is 30.3 Å². The molecule has 0 radical (unpaired) electrons. The summed E-state index contributed by atoms with van der Waals surface area (Å²) in [6.45, 7) is 0.224. The zero-order chi connectivity index (χ0) is 23.7. The minimum Gasteiger partial charge on any atom is -0.457 e. The lowest BCUT2D eigenvalue weighted by molar-refractivity contribution is -0.122. The molecular weight excluding hydrogens is 432 g/mol. The Balaban J connectivity index is 1.30. The van der Waals surface area contributed by atoms with E-state index in [0.29, 0.717) is 33.9 Å². The number of amides is 2. The van der Waals surface area contributed by atoms with Gasteiger partial charge in [-0.25, -0.2) is 9.88 Å². The molecule has 0 spiro atoms. The van der Waals surface area contributed by atoms with E-state index in [1.165, 1.54) is 4.90 Å². The van der Waals surface area contributed by atoms with Gasteiger partial charge in [-0.15, -0.1) is 0 Å². The molecule has 1 saturated heterocycles. The lowest BCUT2D eigenvalue weighted by Gasteiger charge is -2.22. The maximum absolute atomic E-state index is 13.1. The van der Waals surface area contributed by atoms with Crippen molar-refractivity contribution in [3.05, 3.63) is 95.0 Å². The predicted octanol–water partition coefficient (Wildman–Crippen LogP) is 3.48. The van der Waals surface area contributed by atoms with Crippen LogP contribution in [0.15, 0.2) is 83.7 Å². The van der Waals surface area contributed by atoms with E-state index in [2.05, 4.69) is 9.97 Å². The maximum atomic E-state index is 13.1. The van der Waals surface area contributed by atoms with E-state index in [1.54, 1.807) is 54.4 Å². The van der Waals surface area contributed by atoms with Crippen molar-refractivity contribution in [2.24, 2.45) is 0 Å². The van der Waals surface area contributed by atoms with Crippen LogP contribution < -0.4 is 15.2 Å². The van der Waals surface area contributed by atoms with Gasteiger partial charge in [0, 0.05) is 0 Å². The van der Waals surface area contributed by atoms with Crippen LogP contribution in [-0.4, -0.2) is 39.8 Å². The third-order valence-electron chi connectivity index (χ3n) is 5.79. The molecule has 1 unspecified atom stereocenters. The zero-order valence-electron chi connectivity index (χ0n) is 18.5. The average molecular weight is 454 g/mol. The van der Waals surface area contributed by atoms with E-state index in [4.69, 9.17) is 4.74 Å². The van der Waals surface area contributed by atoms with Crippen molar-refractivity contribution in [2.75, 3.05) is 11.9 Å². The van der Waals surface area contributed by atoms with Gasteiger partial charge in [0.15, 0.2) is 0 Å². The van der Waals surface area contributed by atoms with Crippen molar-refractivity contribution in [1.82, 2.24) is 14.9 Å². The molecule has 0 saturated carbocycles. The van der Waals surface area contributed by atoms with E-state index < -0.39 is 6.04 Å². The molecule has 1 fully saturated rings. The molecule has 1 N–H and O–H groups in total. The van der Waals surface area contributed by atoms with Crippen LogP contribution in [0.25, 0.3) is 10.9 Å². The van der Waals surface area contributed by atoms with Gasteiger partial charge in [-0.2, -0.15) is 0 Å². The molecule has 5 rings (SSSR count). The predicted molar refractivity (Wildman–Crippen MR) is 128 cm³/mol. The molecule has 0 bridgehead atoms. The Labute approximate surface area is 195 Å². The second-order valence-electron chi connectivity index (χ2n) is 8.14. The molecule has 0 aliphatic carbocycles. The van der Waals surface area contributed by atoms with Crippen LogP contribution in [0, 0.1) is 0 Å². The van der Waals surface area contributed by atoms with Crippen molar-refractivity contribution >= 4 is 28.4 Å². The van der Waals surface area contributed by atoms with Gasteiger partial charge in [-0.05, 0) is 55.6 Å². The summed E-state index contributed by atoms with van der Waals surface area (Å²) < 4.78 is 5.78. The number of nitrogens with zero attached hydrogens (tertiary/aromatic N) is 3. The Hall–Kier alpha value is -4.30. The maximum Gasteiger partial charge on any atom is 0.258 e. The number of para-hydroxylation sites is 2. The van der Waals surface area contributed by atoms with Crippen LogP contribution in [0.3, 0.4) is 0 Å². The van der Waals surface area contributed by atoms with Crippen molar-refractivity contribution in [1.29, 1.82) is 0 Å². The van der Waals surface area contributed by atoms with Crippen LogP contribution >= 0.6 is 0 Å². The number of likely N-dealkylation sites (N-methyl/N-ethyl adjacent to an activating group) is 1. The van der Waals surface area contributed by atoms with Crippen molar-refractivity contribution < 1.29 is 14.3 Å². The van der Waals surface area contributed by atoms with Gasteiger partial charge in [-0.1, -0.05) is 30.3 Å². The Kier molecular flexibility index (Phi) is 5.65. The molecule has 1 aliphatic heterocycles. The summed E-state index contributed by atoms with van der Waals surface area (Å²) in [6.07, 6.45) is 0.0510.